The van der Waals surface area contributed by atoms with Crippen LogP contribution in [-0.4, -0.2) is 19.0 Å². The van der Waals surface area contributed by atoms with Gasteiger partial charge in [-0.3, -0.25) is 4.79 Å². The summed E-state index contributed by atoms with van der Waals surface area (Å²) in [6.45, 7) is 6.23. The fourth-order valence-electron chi connectivity index (χ4n) is 3.11. The molecule has 0 aliphatic carbocycles. The molecule has 1 aromatic carbocycles. The van der Waals surface area contributed by atoms with E-state index in [1.54, 1.807) is 6.07 Å². The molecule has 0 radical (unpaired) electrons. The lowest BCUT2D eigenvalue weighted by Gasteiger charge is -2.28. The molecular weight excluding hydrogens is 319 g/mol. The highest BCUT2D eigenvalue weighted by atomic mass is 35.5. The van der Waals surface area contributed by atoms with E-state index in [-0.39, 0.29) is 11.9 Å². The summed E-state index contributed by atoms with van der Waals surface area (Å²) < 4.78 is 0. The Hall–Kier alpha value is -0.770. The molecule has 1 heterocycles. The largest absolute Gasteiger partial charge is 0.350 e. The smallest absolute Gasteiger partial charge is 0.220 e. The van der Waals surface area contributed by atoms with Crippen molar-refractivity contribution in [2.24, 2.45) is 11.8 Å². The molecule has 2 atom stereocenters. The Morgan fingerprint density at radius 2 is 2.00 bits per heavy atom. The normalized spacial score (nSPS) is 18.7. The van der Waals surface area contributed by atoms with E-state index in [1.165, 1.54) is 0 Å². The van der Waals surface area contributed by atoms with E-state index in [4.69, 9.17) is 23.2 Å². The number of nitrogens with one attached hydrogen (secondary N) is 2. The van der Waals surface area contributed by atoms with Crippen molar-refractivity contribution in [3.8, 4) is 0 Å². The first kappa shape index (κ1) is 17.6. The van der Waals surface area contributed by atoms with Gasteiger partial charge in [-0.05, 0) is 56.3 Å². The Bertz CT molecular complexity index is 515. The Kier molecular flexibility index (Phi) is 6.54. The molecule has 0 saturated carbocycles. The summed E-state index contributed by atoms with van der Waals surface area (Å²) in [5.41, 5.74) is 0.858. The van der Waals surface area contributed by atoms with Crippen LogP contribution in [0.25, 0.3) is 0 Å². The molecule has 1 aromatic rings. The van der Waals surface area contributed by atoms with Crippen molar-refractivity contribution in [2.45, 2.75) is 39.2 Å². The van der Waals surface area contributed by atoms with Crippen LogP contribution in [0.2, 0.25) is 10.0 Å². The Morgan fingerprint density at radius 1 is 1.32 bits per heavy atom. The quantitative estimate of drug-likeness (QED) is 0.841. The lowest BCUT2D eigenvalue weighted by molar-refractivity contribution is -0.123. The second kappa shape index (κ2) is 8.19. The first-order valence-corrected chi connectivity index (χ1v) is 8.68. The number of piperidine rings is 1. The second-order valence-electron chi connectivity index (χ2n) is 6.20. The predicted molar refractivity (Wildman–Crippen MR) is 92.4 cm³/mol. The number of amides is 1. The van der Waals surface area contributed by atoms with E-state index in [0.717, 1.165) is 31.5 Å². The molecule has 1 amide bonds. The highest BCUT2D eigenvalue weighted by Gasteiger charge is 2.23. The van der Waals surface area contributed by atoms with Crippen LogP contribution in [0, 0.1) is 11.8 Å². The van der Waals surface area contributed by atoms with Crippen molar-refractivity contribution in [1.29, 1.82) is 0 Å². The van der Waals surface area contributed by atoms with E-state index in [2.05, 4.69) is 17.6 Å². The van der Waals surface area contributed by atoms with Crippen molar-refractivity contribution >= 4 is 29.1 Å². The third kappa shape index (κ3) is 4.61. The average molecular weight is 343 g/mol. The first-order chi connectivity index (χ1) is 10.5. The van der Waals surface area contributed by atoms with Crippen LogP contribution in [0.3, 0.4) is 0 Å². The van der Waals surface area contributed by atoms with Crippen LogP contribution in [0.5, 0.6) is 0 Å². The van der Waals surface area contributed by atoms with Crippen molar-refractivity contribution in [1.82, 2.24) is 10.6 Å². The molecule has 122 valence electrons. The van der Waals surface area contributed by atoms with Gasteiger partial charge in [-0.25, -0.2) is 0 Å². The van der Waals surface area contributed by atoms with Gasteiger partial charge < -0.3 is 10.6 Å². The zero-order valence-corrected chi connectivity index (χ0v) is 14.7. The van der Waals surface area contributed by atoms with Crippen LogP contribution < -0.4 is 10.6 Å². The van der Waals surface area contributed by atoms with Crippen LogP contribution >= 0.6 is 23.2 Å². The number of carbonyl (C=O) groups excluding carboxylic acids is 1. The van der Waals surface area contributed by atoms with Gasteiger partial charge in [0, 0.05) is 6.42 Å². The van der Waals surface area contributed by atoms with Gasteiger partial charge in [-0.1, -0.05) is 42.3 Å². The molecule has 2 rings (SSSR count). The molecule has 2 unspecified atom stereocenters. The third-order valence-electron chi connectivity index (χ3n) is 4.52. The Morgan fingerprint density at radius 3 is 2.68 bits per heavy atom. The first-order valence-electron chi connectivity index (χ1n) is 7.93. The van der Waals surface area contributed by atoms with Gasteiger partial charge in [0.1, 0.15) is 0 Å². The summed E-state index contributed by atoms with van der Waals surface area (Å²) in [5.74, 6) is 1.12. The molecule has 2 N–H and O–H groups in total. The summed E-state index contributed by atoms with van der Waals surface area (Å²) in [5, 5.41) is 7.43. The summed E-state index contributed by atoms with van der Waals surface area (Å²) in [7, 11) is 0. The van der Waals surface area contributed by atoms with Crippen molar-refractivity contribution in [2.75, 3.05) is 13.1 Å². The van der Waals surface area contributed by atoms with Crippen molar-refractivity contribution < 1.29 is 4.79 Å². The fourth-order valence-corrected chi connectivity index (χ4v) is 3.58. The number of hydrogen-bond donors (Lipinski definition) is 2. The lowest BCUT2D eigenvalue weighted by Crippen LogP contribution is -2.34. The fraction of sp³-hybridized carbons (Fsp3) is 0.588. The number of rotatable bonds is 5. The van der Waals surface area contributed by atoms with Crippen LogP contribution in [0.1, 0.15) is 44.7 Å². The molecule has 0 bridgehead atoms. The predicted octanol–water partition coefficient (Wildman–Crippen LogP) is 4.20. The number of halogens is 2. The highest BCUT2D eigenvalue weighted by molar-refractivity contribution is 6.42. The molecule has 22 heavy (non-hydrogen) atoms. The molecule has 1 fully saturated rings. The summed E-state index contributed by atoms with van der Waals surface area (Å²) in [6.07, 6.45) is 2.88. The molecular formula is C17H24Cl2N2O. The minimum atomic E-state index is -0.140. The molecule has 3 nitrogen and oxygen atoms in total. The van der Waals surface area contributed by atoms with Crippen LogP contribution in [0.15, 0.2) is 18.2 Å². The second-order valence-corrected chi connectivity index (χ2v) is 6.99. The molecule has 1 saturated heterocycles. The zero-order valence-electron chi connectivity index (χ0n) is 13.2. The van der Waals surface area contributed by atoms with Crippen LogP contribution in [-0.2, 0) is 4.79 Å². The summed E-state index contributed by atoms with van der Waals surface area (Å²) in [6, 6.07) is 5.36. The van der Waals surface area contributed by atoms with E-state index < -0.39 is 0 Å². The van der Waals surface area contributed by atoms with Gasteiger partial charge in [0.2, 0.25) is 5.91 Å². The molecule has 5 heteroatoms. The van der Waals surface area contributed by atoms with Crippen LogP contribution in [0.4, 0.5) is 0 Å². The average Bonchev–Trinajstić information content (AvgIpc) is 2.50. The van der Waals surface area contributed by atoms with E-state index in [9.17, 15) is 4.79 Å². The number of carbonyl (C=O) groups is 1. The number of hydrogen-bond acceptors (Lipinski definition) is 2. The van der Waals surface area contributed by atoms with E-state index >= 15 is 0 Å². The minimum Gasteiger partial charge on any atom is -0.350 e. The lowest BCUT2D eigenvalue weighted by atomic mass is 9.84. The van der Waals surface area contributed by atoms with E-state index in [0.29, 0.717) is 28.3 Å². The maximum absolute atomic E-state index is 12.3. The highest BCUT2D eigenvalue weighted by Crippen LogP contribution is 2.30. The summed E-state index contributed by atoms with van der Waals surface area (Å²) in [4.78, 5) is 12.3. The zero-order chi connectivity index (χ0) is 16.1. The Labute approximate surface area is 142 Å². The van der Waals surface area contributed by atoms with Gasteiger partial charge in [-0.2, -0.15) is 0 Å². The number of benzene rings is 1. The standard InChI is InChI=1S/C17H24Cl2N2O/c1-11(13-6-8-20-9-7-13)10-16(22)21-12(2)14-4-3-5-15(18)17(14)19/h3-5,11-13,20H,6-10H2,1-2H3,(H,21,22). The van der Waals surface area contributed by atoms with Gasteiger partial charge in [0.25, 0.3) is 0 Å². The van der Waals surface area contributed by atoms with Gasteiger partial charge in [0.05, 0.1) is 16.1 Å². The van der Waals surface area contributed by atoms with Gasteiger partial charge >= 0.3 is 0 Å². The molecule has 1 aliphatic rings. The summed E-state index contributed by atoms with van der Waals surface area (Å²) >= 11 is 12.2. The third-order valence-corrected chi connectivity index (χ3v) is 5.35. The SMILES string of the molecule is CC(NC(=O)CC(C)C1CCNCC1)c1cccc(Cl)c1Cl. The minimum absolute atomic E-state index is 0.0783. The molecule has 0 aromatic heterocycles. The van der Waals surface area contributed by atoms with Crippen molar-refractivity contribution in [3.63, 3.8) is 0 Å². The van der Waals surface area contributed by atoms with Crippen molar-refractivity contribution in [3.05, 3.63) is 33.8 Å². The van der Waals surface area contributed by atoms with E-state index in [1.807, 2.05) is 19.1 Å². The van der Waals surface area contributed by atoms with Gasteiger partial charge in [0.15, 0.2) is 0 Å². The maximum atomic E-state index is 12.3. The molecule has 0 spiro atoms. The maximum Gasteiger partial charge on any atom is 0.220 e. The Balaban J connectivity index is 1.89. The molecule has 1 aliphatic heterocycles. The topological polar surface area (TPSA) is 41.1 Å². The monoisotopic (exact) mass is 342 g/mol. The van der Waals surface area contributed by atoms with Gasteiger partial charge in [-0.15, -0.1) is 0 Å².